The molecular weight excluding hydrogens is 254 g/mol. The van der Waals surface area contributed by atoms with Gasteiger partial charge in [-0.2, -0.15) is 4.98 Å². The maximum Gasteiger partial charge on any atom is 0.245 e. The summed E-state index contributed by atoms with van der Waals surface area (Å²) in [6, 6.07) is 8.16. The van der Waals surface area contributed by atoms with Crippen molar-refractivity contribution in [3.8, 4) is 0 Å². The molecule has 1 aliphatic carbocycles. The minimum atomic E-state index is 0.0848. The van der Waals surface area contributed by atoms with Crippen LogP contribution >= 0.6 is 0 Å². The van der Waals surface area contributed by atoms with Crippen molar-refractivity contribution in [1.29, 1.82) is 0 Å². The monoisotopic (exact) mass is 273 g/mol. The average Bonchev–Trinajstić information content (AvgIpc) is 3.23. The Morgan fingerprint density at radius 1 is 1.45 bits per heavy atom. The van der Waals surface area contributed by atoms with Crippen LogP contribution in [0.1, 0.15) is 49.1 Å². The molecule has 3 rings (SSSR count). The van der Waals surface area contributed by atoms with Crippen molar-refractivity contribution in [3.63, 3.8) is 0 Å². The zero-order valence-corrected chi connectivity index (χ0v) is 11.8. The fraction of sp³-hybridized carbons (Fsp3) is 0.467. The highest BCUT2D eigenvalue weighted by Crippen LogP contribution is 2.38. The molecule has 20 heavy (non-hydrogen) atoms. The Morgan fingerprint density at radius 2 is 2.30 bits per heavy atom. The summed E-state index contributed by atoms with van der Waals surface area (Å²) in [4.78, 5) is 4.40. The molecule has 0 unspecified atom stereocenters. The molecule has 106 valence electrons. The molecular formula is C15H19N3O2. The molecule has 0 bridgehead atoms. The topological polar surface area (TPSA) is 60.2 Å². The Hall–Kier alpha value is -1.88. The number of hydrogen-bond acceptors (Lipinski definition) is 5. The molecule has 1 heterocycles. The van der Waals surface area contributed by atoms with Gasteiger partial charge in [0.05, 0.1) is 12.6 Å². The minimum absolute atomic E-state index is 0.0848. The predicted molar refractivity (Wildman–Crippen MR) is 75.5 cm³/mol. The largest absolute Gasteiger partial charge is 0.377 e. The van der Waals surface area contributed by atoms with E-state index < -0.39 is 0 Å². The first-order valence-corrected chi connectivity index (χ1v) is 6.95. The molecule has 1 aromatic heterocycles. The Balaban J connectivity index is 1.62. The zero-order valence-electron chi connectivity index (χ0n) is 11.8. The number of aromatic nitrogens is 2. The molecule has 5 heteroatoms. The van der Waals surface area contributed by atoms with Crippen molar-refractivity contribution in [1.82, 2.24) is 10.1 Å². The summed E-state index contributed by atoms with van der Waals surface area (Å²) in [7, 11) is 1.71. The van der Waals surface area contributed by atoms with E-state index in [4.69, 9.17) is 9.26 Å². The number of nitrogens with zero attached hydrogens (tertiary/aromatic N) is 2. The lowest BCUT2D eigenvalue weighted by molar-refractivity contribution is 0.119. The lowest BCUT2D eigenvalue weighted by Gasteiger charge is -2.11. The van der Waals surface area contributed by atoms with E-state index in [1.54, 1.807) is 7.11 Å². The highest BCUT2D eigenvalue weighted by Gasteiger charge is 2.28. The van der Waals surface area contributed by atoms with Crippen LogP contribution in [0.15, 0.2) is 28.8 Å². The summed E-state index contributed by atoms with van der Waals surface area (Å²) < 4.78 is 10.6. The first-order chi connectivity index (χ1) is 9.76. The maximum absolute atomic E-state index is 5.32. The van der Waals surface area contributed by atoms with Crippen LogP contribution < -0.4 is 5.32 Å². The van der Waals surface area contributed by atoms with E-state index in [0.29, 0.717) is 18.4 Å². The van der Waals surface area contributed by atoms with E-state index >= 15 is 0 Å². The zero-order chi connectivity index (χ0) is 13.9. The Bertz CT molecular complexity index is 578. The van der Waals surface area contributed by atoms with E-state index in [9.17, 15) is 0 Å². The van der Waals surface area contributed by atoms with Gasteiger partial charge in [0, 0.05) is 18.7 Å². The Kier molecular flexibility index (Phi) is 3.69. The summed E-state index contributed by atoms with van der Waals surface area (Å²) in [5.41, 5.74) is 2.17. The molecule has 5 nitrogen and oxygen atoms in total. The second-order valence-corrected chi connectivity index (χ2v) is 5.18. The Morgan fingerprint density at radius 3 is 3.05 bits per heavy atom. The van der Waals surface area contributed by atoms with E-state index in [0.717, 1.165) is 17.1 Å². The fourth-order valence-electron chi connectivity index (χ4n) is 2.06. The van der Waals surface area contributed by atoms with Crippen LogP contribution in [0.2, 0.25) is 0 Å². The number of nitrogens with one attached hydrogen (secondary N) is 1. The summed E-state index contributed by atoms with van der Waals surface area (Å²) in [6.45, 7) is 2.57. The molecule has 1 saturated carbocycles. The molecule has 0 radical (unpaired) electrons. The third-order valence-corrected chi connectivity index (χ3v) is 3.58. The van der Waals surface area contributed by atoms with Gasteiger partial charge in [0.1, 0.15) is 0 Å². The van der Waals surface area contributed by atoms with Crippen molar-refractivity contribution >= 4 is 5.69 Å². The van der Waals surface area contributed by atoms with Crippen LogP contribution in [0.4, 0.5) is 5.69 Å². The second-order valence-electron chi connectivity index (χ2n) is 5.18. The minimum Gasteiger partial charge on any atom is -0.377 e. The molecule has 1 fully saturated rings. The van der Waals surface area contributed by atoms with Crippen LogP contribution in [0.25, 0.3) is 0 Å². The SMILES string of the molecule is CO[C@@H](C)c1cccc(NCc2nc(C3CC3)no2)c1. The van der Waals surface area contributed by atoms with Crippen LogP contribution in [0.3, 0.4) is 0 Å². The smallest absolute Gasteiger partial charge is 0.245 e. The van der Waals surface area contributed by atoms with Gasteiger partial charge in [0.2, 0.25) is 5.89 Å². The third-order valence-electron chi connectivity index (χ3n) is 3.58. The second kappa shape index (κ2) is 5.63. The number of ether oxygens (including phenoxy) is 1. The summed E-state index contributed by atoms with van der Waals surface area (Å²) in [5, 5.41) is 7.30. The van der Waals surface area contributed by atoms with Crippen molar-refractivity contribution in [2.45, 2.75) is 38.3 Å². The van der Waals surface area contributed by atoms with Crippen molar-refractivity contribution in [3.05, 3.63) is 41.5 Å². The molecule has 2 aromatic rings. The number of hydrogen-bond donors (Lipinski definition) is 1. The number of methoxy groups -OCH3 is 1. The molecule has 0 spiro atoms. The Labute approximate surface area is 118 Å². The fourth-order valence-corrected chi connectivity index (χ4v) is 2.06. The van der Waals surface area contributed by atoms with Crippen LogP contribution in [-0.4, -0.2) is 17.3 Å². The van der Waals surface area contributed by atoms with Gasteiger partial charge in [-0.3, -0.25) is 0 Å². The highest BCUT2D eigenvalue weighted by atomic mass is 16.5. The van der Waals surface area contributed by atoms with E-state index in [-0.39, 0.29) is 6.10 Å². The third kappa shape index (κ3) is 2.99. The number of anilines is 1. The normalized spacial score (nSPS) is 16.1. The van der Waals surface area contributed by atoms with Gasteiger partial charge < -0.3 is 14.6 Å². The number of benzene rings is 1. The first-order valence-electron chi connectivity index (χ1n) is 6.95. The van der Waals surface area contributed by atoms with Crippen LogP contribution in [0.5, 0.6) is 0 Å². The van der Waals surface area contributed by atoms with Gasteiger partial charge in [0.15, 0.2) is 5.82 Å². The van der Waals surface area contributed by atoms with E-state index in [2.05, 4.69) is 27.6 Å². The summed E-state index contributed by atoms with van der Waals surface area (Å²) in [5.74, 6) is 2.01. The molecule has 0 amide bonds. The van der Waals surface area contributed by atoms with Crippen LogP contribution in [0, 0.1) is 0 Å². The van der Waals surface area contributed by atoms with Crippen molar-refractivity contribution < 1.29 is 9.26 Å². The molecule has 1 aliphatic rings. The molecule has 0 saturated heterocycles. The predicted octanol–water partition coefficient (Wildman–Crippen LogP) is 3.27. The lowest BCUT2D eigenvalue weighted by Crippen LogP contribution is -2.02. The molecule has 0 aliphatic heterocycles. The molecule has 1 atom stereocenters. The van der Waals surface area contributed by atoms with Crippen molar-refractivity contribution in [2.24, 2.45) is 0 Å². The standard InChI is InChI=1S/C15H19N3O2/c1-10(19-2)12-4-3-5-13(8-12)16-9-14-17-15(18-20-14)11-6-7-11/h3-5,8,10-11,16H,6-7,9H2,1-2H3/t10-/m0/s1. The molecule has 1 N–H and O–H groups in total. The van der Waals surface area contributed by atoms with Gasteiger partial charge in [-0.05, 0) is 37.5 Å². The average molecular weight is 273 g/mol. The van der Waals surface area contributed by atoms with Gasteiger partial charge in [-0.1, -0.05) is 17.3 Å². The highest BCUT2D eigenvalue weighted by molar-refractivity contribution is 5.46. The van der Waals surface area contributed by atoms with E-state index in [1.165, 1.54) is 12.8 Å². The first kappa shape index (κ1) is 13.1. The number of rotatable bonds is 6. The van der Waals surface area contributed by atoms with Gasteiger partial charge >= 0.3 is 0 Å². The van der Waals surface area contributed by atoms with Crippen LogP contribution in [-0.2, 0) is 11.3 Å². The van der Waals surface area contributed by atoms with Crippen molar-refractivity contribution in [2.75, 3.05) is 12.4 Å². The maximum atomic E-state index is 5.32. The lowest BCUT2D eigenvalue weighted by atomic mass is 10.1. The summed E-state index contributed by atoms with van der Waals surface area (Å²) in [6.07, 6.45) is 2.45. The summed E-state index contributed by atoms with van der Waals surface area (Å²) >= 11 is 0. The van der Waals surface area contributed by atoms with E-state index in [1.807, 2.05) is 19.1 Å². The van der Waals surface area contributed by atoms with Gasteiger partial charge in [0.25, 0.3) is 0 Å². The quantitative estimate of drug-likeness (QED) is 0.875. The van der Waals surface area contributed by atoms with Gasteiger partial charge in [-0.25, -0.2) is 0 Å². The molecule has 1 aromatic carbocycles. The van der Waals surface area contributed by atoms with Gasteiger partial charge in [-0.15, -0.1) is 0 Å².